The molecule has 0 aliphatic rings. The van der Waals surface area contributed by atoms with Crippen molar-refractivity contribution in [3.8, 4) is 0 Å². The molecule has 9 heteroatoms. The van der Waals surface area contributed by atoms with Crippen LogP contribution in [-0.4, -0.2) is 17.3 Å². The standard InChI is InChI=1S/C6H2F7NO/c7-4(8,3-1-2-14-15-3)5(9,10)6(11,12)13/h1-2H. The minimum absolute atomic E-state index is 0.236. The number of halogens is 7. The van der Waals surface area contributed by atoms with Crippen LogP contribution in [0.2, 0.25) is 0 Å². The molecule has 86 valence electrons. The molecule has 0 saturated carbocycles. The second-order valence-corrected chi connectivity index (χ2v) is 2.52. The van der Waals surface area contributed by atoms with Gasteiger partial charge in [0.05, 0.1) is 6.20 Å². The number of hydrogen-bond donors (Lipinski definition) is 0. The molecule has 0 saturated heterocycles. The lowest BCUT2D eigenvalue weighted by atomic mass is 10.1. The van der Waals surface area contributed by atoms with Gasteiger partial charge in [0, 0.05) is 6.07 Å². The summed E-state index contributed by atoms with van der Waals surface area (Å²) in [5.41, 5.74) is 0. The lowest BCUT2D eigenvalue weighted by Crippen LogP contribution is -2.49. The van der Waals surface area contributed by atoms with Crippen LogP contribution in [0.15, 0.2) is 16.8 Å². The van der Waals surface area contributed by atoms with Crippen molar-refractivity contribution in [2.24, 2.45) is 0 Å². The first-order valence-corrected chi connectivity index (χ1v) is 3.34. The van der Waals surface area contributed by atoms with Gasteiger partial charge < -0.3 is 4.52 Å². The van der Waals surface area contributed by atoms with Crippen molar-refractivity contribution in [1.29, 1.82) is 0 Å². The van der Waals surface area contributed by atoms with E-state index in [1.165, 1.54) is 0 Å². The highest BCUT2D eigenvalue weighted by atomic mass is 19.4. The third-order valence-corrected chi connectivity index (χ3v) is 1.50. The van der Waals surface area contributed by atoms with Gasteiger partial charge in [-0.05, 0) is 0 Å². The minimum atomic E-state index is -6.37. The smallest absolute Gasteiger partial charge is 0.355 e. The number of rotatable bonds is 2. The molecule has 0 aliphatic carbocycles. The first kappa shape index (κ1) is 11.8. The monoisotopic (exact) mass is 237 g/mol. The Morgan fingerprint density at radius 1 is 1.00 bits per heavy atom. The zero-order valence-corrected chi connectivity index (χ0v) is 6.66. The van der Waals surface area contributed by atoms with Crippen LogP contribution in [0.1, 0.15) is 5.76 Å². The van der Waals surface area contributed by atoms with E-state index in [1.54, 1.807) is 0 Å². The zero-order chi connectivity index (χ0) is 11.9. The number of hydrogen-bond acceptors (Lipinski definition) is 2. The summed E-state index contributed by atoms with van der Waals surface area (Å²) >= 11 is 0. The molecule has 0 atom stereocenters. The average molecular weight is 237 g/mol. The molecule has 0 bridgehead atoms. The highest BCUT2D eigenvalue weighted by molar-refractivity contribution is 5.09. The van der Waals surface area contributed by atoms with Gasteiger partial charge >= 0.3 is 18.0 Å². The maximum Gasteiger partial charge on any atom is 0.460 e. The van der Waals surface area contributed by atoms with E-state index in [4.69, 9.17) is 0 Å². The third-order valence-electron chi connectivity index (χ3n) is 1.50. The van der Waals surface area contributed by atoms with E-state index in [-0.39, 0.29) is 6.07 Å². The minimum Gasteiger partial charge on any atom is -0.355 e. The first-order chi connectivity index (χ1) is 6.61. The number of alkyl halides is 7. The van der Waals surface area contributed by atoms with E-state index in [0.717, 1.165) is 0 Å². The van der Waals surface area contributed by atoms with Crippen molar-refractivity contribution >= 4 is 0 Å². The number of aromatic nitrogens is 1. The summed E-state index contributed by atoms with van der Waals surface area (Å²) in [6.45, 7) is 0. The lowest BCUT2D eigenvalue weighted by Gasteiger charge is -2.25. The Hall–Kier alpha value is -1.28. The summed E-state index contributed by atoms with van der Waals surface area (Å²) in [6, 6.07) is 0.236. The molecular formula is C6H2F7NO. The largest absolute Gasteiger partial charge is 0.460 e. The van der Waals surface area contributed by atoms with Crippen LogP contribution in [-0.2, 0) is 5.92 Å². The molecule has 2 nitrogen and oxygen atoms in total. The fraction of sp³-hybridized carbons (Fsp3) is 0.500. The predicted molar refractivity (Wildman–Crippen MR) is 31.4 cm³/mol. The molecule has 1 heterocycles. The van der Waals surface area contributed by atoms with Gasteiger partial charge in [-0.15, -0.1) is 0 Å². The van der Waals surface area contributed by atoms with Crippen LogP contribution < -0.4 is 0 Å². The fourth-order valence-corrected chi connectivity index (χ4v) is 0.710. The van der Waals surface area contributed by atoms with Gasteiger partial charge in [-0.2, -0.15) is 30.7 Å². The third kappa shape index (κ3) is 1.65. The second kappa shape index (κ2) is 3.11. The fourth-order valence-electron chi connectivity index (χ4n) is 0.710. The Labute approximate surface area is 77.7 Å². The summed E-state index contributed by atoms with van der Waals surface area (Å²) < 4.78 is 88.4. The second-order valence-electron chi connectivity index (χ2n) is 2.52. The molecule has 0 fully saturated rings. The molecular weight excluding hydrogens is 235 g/mol. The van der Waals surface area contributed by atoms with Gasteiger partial charge in [0.2, 0.25) is 5.76 Å². The van der Waals surface area contributed by atoms with Crippen molar-refractivity contribution in [3.63, 3.8) is 0 Å². The van der Waals surface area contributed by atoms with Crippen LogP contribution in [0.3, 0.4) is 0 Å². The topological polar surface area (TPSA) is 26.0 Å². The Morgan fingerprint density at radius 2 is 1.53 bits per heavy atom. The van der Waals surface area contributed by atoms with E-state index in [9.17, 15) is 30.7 Å². The summed E-state index contributed by atoms with van der Waals surface area (Å²) in [7, 11) is 0. The van der Waals surface area contributed by atoms with Crippen LogP contribution >= 0.6 is 0 Å². The van der Waals surface area contributed by atoms with Crippen molar-refractivity contribution < 1.29 is 35.3 Å². The molecule has 0 radical (unpaired) electrons. The Bertz CT molecular complexity index is 328. The van der Waals surface area contributed by atoms with E-state index in [1.807, 2.05) is 0 Å². The van der Waals surface area contributed by atoms with E-state index in [0.29, 0.717) is 6.20 Å². The van der Waals surface area contributed by atoms with Crippen LogP contribution in [0, 0.1) is 0 Å². The molecule has 0 amide bonds. The van der Waals surface area contributed by atoms with Crippen LogP contribution in [0.5, 0.6) is 0 Å². The molecule has 1 rings (SSSR count). The first-order valence-electron chi connectivity index (χ1n) is 3.34. The van der Waals surface area contributed by atoms with Gasteiger partial charge in [0.25, 0.3) is 0 Å². The molecule has 0 aliphatic heterocycles. The van der Waals surface area contributed by atoms with E-state index >= 15 is 0 Å². The molecule has 0 aromatic carbocycles. The SMILES string of the molecule is FC(F)(F)C(F)(F)C(F)(F)c1ccno1. The number of nitrogens with zero attached hydrogens (tertiary/aromatic N) is 1. The van der Waals surface area contributed by atoms with Crippen molar-refractivity contribution in [3.05, 3.63) is 18.0 Å². The quantitative estimate of drug-likeness (QED) is 0.739. The maximum atomic E-state index is 12.7. The molecule has 0 unspecified atom stereocenters. The van der Waals surface area contributed by atoms with Crippen molar-refractivity contribution in [1.82, 2.24) is 5.16 Å². The molecule has 1 aromatic rings. The van der Waals surface area contributed by atoms with Crippen LogP contribution in [0.25, 0.3) is 0 Å². The maximum absolute atomic E-state index is 12.7. The highest BCUT2D eigenvalue weighted by Gasteiger charge is 2.75. The Kier molecular flexibility index (Phi) is 2.44. The Morgan fingerprint density at radius 3 is 1.87 bits per heavy atom. The summed E-state index contributed by atoms with van der Waals surface area (Å²) in [6.07, 6.45) is -5.83. The Balaban J connectivity index is 3.17. The summed E-state index contributed by atoms with van der Waals surface area (Å²) in [5, 5.41) is 2.63. The summed E-state index contributed by atoms with van der Waals surface area (Å²) in [5.74, 6) is -13.5. The molecule has 0 spiro atoms. The van der Waals surface area contributed by atoms with Gasteiger partial charge in [0.1, 0.15) is 0 Å². The lowest BCUT2D eigenvalue weighted by molar-refractivity contribution is -0.363. The highest BCUT2D eigenvalue weighted by Crippen LogP contribution is 2.51. The van der Waals surface area contributed by atoms with Crippen LogP contribution in [0.4, 0.5) is 30.7 Å². The average Bonchev–Trinajstić information content (AvgIpc) is 2.53. The predicted octanol–water partition coefficient (Wildman–Crippen LogP) is 2.96. The van der Waals surface area contributed by atoms with Gasteiger partial charge in [-0.3, -0.25) is 0 Å². The molecule has 15 heavy (non-hydrogen) atoms. The molecule has 0 N–H and O–H groups in total. The normalized spacial score (nSPS) is 14.3. The summed E-state index contributed by atoms with van der Waals surface area (Å²) in [4.78, 5) is 0. The van der Waals surface area contributed by atoms with Gasteiger partial charge in [-0.1, -0.05) is 5.16 Å². The molecule has 1 aromatic heterocycles. The van der Waals surface area contributed by atoms with E-state index in [2.05, 4.69) is 9.68 Å². The zero-order valence-electron chi connectivity index (χ0n) is 6.66. The van der Waals surface area contributed by atoms with E-state index < -0.39 is 23.8 Å². The van der Waals surface area contributed by atoms with Crippen molar-refractivity contribution in [2.75, 3.05) is 0 Å². The van der Waals surface area contributed by atoms with Crippen molar-refractivity contribution in [2.45, 2.75) is 18.0 Å². The van der Waals surface area contributed by atoms with Gasteiger partial charge in [0.15, 0.2) is 0 Å². The van der Waals surface area contributed by atoms with Gasteiger partial charge in [-0.25, -0.2) is 0 Å².